The summed E-state index contributed by atoms with van der Waals surface area (Å²) in [4.78, 5) is 0. The Morgan fingerprint density at radius 2 is 1.38 bits per heavy atom. The van der Waals surface area contributed by atoms with E-state index in [1.807, 2.05) is 0 Å². The molecule has 2 atom stereocenters. The molecule has 0 fully saturated rings. The van der Waals surface area contributed by atoms with E-state index in [2.05, 4.69) is 127 Å². The highest BCUT2D eigenvalue weighted by atomic mass is 15.0. The molecule has 184 valence electrons. The lowest BCUT2D eigenvalue weighted by atomic mass is 9.26. The second-order valence-corrected chi connectivity index (χ2v) is 12.6. The first kappa shape index (κ1) is 20.7. The Morgan fingerprint density at radius 3 is 2.15 bits per heavy atom. The number of hydrogen-bond acceptors (Lipinski definition) is 0. The van der Waals surface area contributed by atoms with Crippen molar-refractivity contribution >= 4 is 67.2 Å². The first-order valence-corrected chi connectivity index (χ1v) is 14.3. The molecule has 0 spiro atoms. The molecule has 4 aliphatic rings. The first-order valence-electron chi connectivity index (χ1n) is 14.3. The number of benzene rings is 4. The van der Waals surface area contributed by atoms with Crippen molar-refractivity contribution in [3.63, 3.8) is 0 Å². The Bertz CT molecular complexity index is 2230. The lowest BCUT2D eigenvalue weighted by Gasteiger charge is -2.44. The molecule has 2 aliphatic carbocycles. The minimum Gasteiger partial charge on any atom is -0.314 e. The predicted molar refractivity (Wildman–Crippen MR) is 166 cm³/mol. The van der Waals surface area contributed by atoms with Gasteiger partial charge in [0, 0.05) is 43.9 Å². The average molecular weight is 498 g/mol. The largest absolute Gasteiger partial charge is 0.314 e. The summed E-state index contributed by atoms with van der Waals surface area (Å²) in [6.45, 7) is 7.70. The molecule has 10 rings (SSSR count). The van der Waals surface area contributed by atoms with Crippen molar-refractivity contribution < 1.29 is 0 Å². The Labute approximate surface area is 227 Å². The van der Waals surface area contributed by atoms with Gasteiger partial charge in [-0.3, -0.25) is 0 Å². The topological polar surface area (TPSA) is 9.86 Å². The van der Waals surface area contributed by atoms with Crippen LogP contribution in [0.25, 0.3) is 55.0 Å². The molecule has 2 aliphatic heterocycles. The number of para-hydroxylation sites is 2. The minimum absolute atomic E-state index is 0.0612. The summed E-state index contributed by atoms with van der Waals surface area (Å²) >= 11 is 0. The summed E-state index contributed by atoms with van der Waals surface area (Å²) in [6.07, 6.45) is 7.13. The Morgan fingerprint density at radius 1 is 0.744 bits per heavy atom. The summed E-state index contributed by atoms with van der Waals surface area (Å²) in [7, 11) is 0. The quantitative estimate of drug-likeness (QED) is 0.187. The fourth-order valence-corrected chi connectivity index (χ4v) is 9.03. The molecule has 0 N–H and O–H groups in total. The van der Waals surface area contributed by atoms with Crippen molar-refractivity contribution in [2.24, 2.45) is 5.92 Å². The van der Waals surface area contributed by atoms with Gasteiger partial charge in [-0.05, 0) is 47.0 Å². The maximum absolute atomic E-state index is 2.65. The van der Waals surface area contributed by atoms with E-state index >= 15 is 0 Å². The lowest BCUT2D eigenvalue weighted by molar-refractivity contribution is 0.652. The maximum atomic E-state index is 2.65. The van der Waals surface area contributed by atoms with Crippen LogP contribution in [0.3, 0.4) is 0 Å². The maximum Gasteiger partial charge on any atom is 0.223 e. The number of hydrogen-bond donors (Lipinski definition) is 0. The third-order valence-electron chi connectivity index (χ3n) is 10.5. The van der Waals surface area contributed by atoms with Gasteiger partial charge in [-0.15, -0.1) is 0 Å². The smallest absolute Gasteiger partial charge is 0.223 e. The molecule has 6 aromatic rings. The van der Waals surface area contributed by atoms with Crippen molar-refractivity contribution in [1.82, 2.24) is 9.13 Å². The number of fused-ring (bicyclic) bond motifs is 13. The number of aromatic nitrogens is 2. The van der Waals surface area contributed by atoms with E-state index in [1.165, 1.54) is 66.1 Å². The molecule has 2 unspecified atom stereocenters. The van der Waals surface area contributed by atoms with Crippen molar-refractivity contribution in [1.29, 1.82) is 0 Å². The van der Waals surface area contributed by atoms with Crippen LogP contribution in [-0.4, -0.2) is 15.8 Å². The molecule has 0 bridgehead atoms. The van der Waals surface area contributed by atoms with Crippen LogP contribution >= 0.6 is 0 Å². The number of allylic oxidation sites excluding steroid dienone is 5. The normalized spacial score (nSPS) is 21.8. The van der Waals surface area contributed by atoms with E-state index < -0.39 is 0 Å². The zero-order valence-corrected chi connectivity index (χ0v) is 22.4. The van der Waals surface area contributed by atoms with Crippen LogP contribution < -0.4 is 5.46 Å². The van der Waals surface area contributed by atoms with Crippen molar-refractivity contribution in [2.45, 2.75) is 32.0 Å². The monoisotopic (exact) mass is 498 g/mol. The SMILES string of the molecule is CC1C=CC=C2C1B1C3=C(c4ccccc4C3(C)C)n3c4ccccc4c4cc5c6ccccc6n2c5c1c43. The van der Waals surface area contributed by atoms with E-state index in [0.29, 0.717) is 18.4 Å². The average Bonchev–Trinajstić information content (AvgIpc) is 3.55. The van der Waals surface area contributed by atoms with Gasteiger partial charge < -0.3 is 9.13 Å². The van der Waals surface area contributed by atoms with E-state index in [9.17, 15) is 0 Å². The second-order valence-electron chi connectivity index (χ2n) is 12.6. The van der Waals surface area contributed by atoms with Crippen LogP contribution in [0, 0.1) is 5.92 Å². The van der Waals surface area contributed by atoms with Gasteiger partial charge >= 0.3 is 0 Å². The highest BCUT2D eigenvalue weighted by Gasteiger charge is 2.54. The minimum atomic E-state index is -0.0612. The lowest BCUT2D eigenvalue weighted by Crippen LogP contribution is -2.51. The van der Waals surface area contributed by atoms with E-state index in [4.69, 9.17) is 0 Å². The molecular weight excluding hydrogens is 471 g/mol. The molecule has 39 heavy (non-hydrogen) atoms. The Balaban J connectivity index is 1.53. The van der Waals surface area contributed by atoms with E-state index in [0.717, 1.165) is 0 Å². The summed E-state index contributed by atoms with van der Waals surface area (Å²) in [6, 6.07) is 29.8. The fourth-order valence-electron chi connectivity index (χ4n) is 9.03. The van der Waals surface area contributed by atoms with Crippen molar-refractivity contribution in [2.75, 3.05) is 0 Å². The van der Waals surface area contributed by atoms with Crippen LogP contribution in [0.2, 0.25) is 5.82 Å². The van der Waals surface area contributed by atoms with E-state index in [-0.39, 0.29) is 5.41 Å². The highest BCUT2D eigenvalue weighted by Crippen LogP contribution is 2.58. The molecule has 0 saturated heterocycles. The van der Waals surface area contributed by atoms with Crippen LogP contribution in [0.1, 0.15) is 31.9 Å². The second kappa shape index (κ2) is 6.48. The molecule has 0 radical (unpaired) electrons. The van der Waals surface area contributed by atoms with Gasteiger partial charge in [0.15, 0.2) is 0 Å². The highest BCUT2D eigenvalue weighted by molar-refractivity contribution is 6.89. The van der Waals surface area contributed by atoms with Gasteiger partial charge in [0.25, 0.3) is 0 Å². The van der Waals surface area contributed by atoms with Crippen LogP contribution in [-0.2, 0) is 5.41 Å². The summed E-state index contributed by atoms with van der Waals surface area (Å²) in [5.74, 6) is 0.830. The van der Waals surface area contributed by atoms with Crippen LogP contribution in [0.15, 0.2) is 103 Å². The van der Waals surface area contributed by atoms with Crippen LogP contribution in [0.4, 0.5) is 0 Å². The van der Waals surface area contributed by atoms with Crippen LogP contribution in [0.5, 0.6) is 0 Å². The zero-order valence-electron chi connectivity index (χ0n) is 22.4. The molecular formula is C36H27BN2. The van der Waals surface area contributed by atoms with Crippen molar-refractivity contribution in [3.05, 3.63) is 114 Å². The Kier molecular flexibility index (Phi) is 3.44. The van der Waals surface area contributed by atoms with Gasteiger partial charge in [0.2, 0.25) is 6.71 Å². The predicted octanol–water partition coefficient (Wildman–Crippen LogP) is 8.14. The molecule has 2 aromatic heterocycles. The molecule has 2 nitrogen and oxygen atoms in total. The van der Waals surface area contributed by atoms with Gasteiger partial charge in [-0.25, -0.2) is 0 Å². The van der Waals surface area contributed by atoms with Crippen molar-refractivity contribution in [3.8, 4) is 0 Å². The summed E-state index contributed by atoms with van der Waals surface area (Å²) in [5, 5.41) is 5.50. The molecule has 0 saturated carbocycles. The zero-order chi connectivity index (χ0) is 25.8. The third-order valence-corrected chi connectivity index (χ3v) is 10.5. The summed E-state index contributed by atoms with van der Waals surface area (Å²) in [5.41, 5.74) is 14.3. The third kappa shape index (κ3) is 2.12. The van der Waals surface area contributed by atoms with Gasteiger partial charge in [-0.1, -0.05) is 99.1 Å². The number of nitrogens with zero attached hydrogens (tertiary/aromatic N) is 2. The molecule has 0 amide bonds. The fraction of sp³-hybridized carbons (Fsp3) is 0.167. The van der Waals surface area contributed by atoms with Gasteiger partial charge in [-0.2, -0.15) is 0 Å². The molecule has 3 heteroatoms. The molecule has 4 heterocycles. The Hall–Kier alpha value is -4.24. The first-order chi connectivity index (χ1) is 19.1. The van der Waals surface area contributed by atoms with Gasteiger partial charge in [0.1, 0.15) is 0 Å². The summed E-state index contributed by atoms with van der Waals surface area (Å²) < 4.78 is 5.28. The molecule has 4 aromatic carbocycles. The number of rotatable bonds is 0. The van der Waals surface area contributed by atoms with E-state index in [1.54, 1.807) is 10.9 Å². The van der Waals surface area contributed by atoms with Gasteiger partial charge in [0.05, 0.1) is 22.1 Å². The standard InChI is InChI=1S/C36H27BN2/c1-20-11-10-18-29-30(20)37-31-32-24(21-12-5-8-16-27(21)38(29)32)19-25-22-13-6-9-17-28(22)39(33(25)31)34-23-14-4-7-15-26(23)36(2,3)35(34)37/h4-20,30H,1-3H3.